The summed E-state index contributed by atoms with van der Waals surface area (Å²) >= 11 is 0. The highest BCUT2D eigenvalue weighted by Crippen LogP contribution is 2.12. The first-order valence-electron chi connectivity index (χ1n) is 6.24. The van der Waals surface area contributed by atoms with Crippen molar-refractivity contribution in [1.29, 1.82) is 0 Å². The van der Waals surface area contributed by atoms with Crippen LogP contribution in [0.5, 0.6) is 5.75 Å². The van der Waals surface area contributed by atoms with Crippen molar-refractivity contribution in [3.8, 4) is 5.75 Å². The topological polar surface area (TPSA) is 64.3 Å². The zero-order chi connectivity index (χ0) is 13.5. The first-order chi connectivity index (χ1) is 8.52. The van der Waals surface area contributed by atoms with Crippen molar-refractivity contribution in [3.05, 3.63) is 29.8 Å². The number of amides is 1. The normalized spacial score (nSPS) is 13.8. The van der Waals surface area contributed by atoms with Gasteiger partial charge in [-0.3, -0.25) is 4.79 Å². The molecule has 0 fully saturated rings. The Hall–Kier alpha value is -1.55. The van der Waals surface area contributed by atoms with E-state index < -0.39 is 0 Å². The average molecular weight is 250 g/mol. The quantitative estimate of drug-likeness (QED) is 0.803. The Labute approximate surface area is 109 Å². The van der Waals surface area contributed by atoms with E-state index >= 15 is 0 Å². The van der Waals surface area contributed by atoms with Crippen LogP contribution in [0, 0.1) is 12.8 Å². The lowest BCUT2D eigenvalue weighted by molar-refractivity contribution is -0.124. The number of hydrogen-bond acceptors (Lipinski definition) is 3. The van der Waals surface area contributed by atoms with Gasteiger partial charge in [-0.2, -0.15) is 0 Å². The number of nitrogens with one attached hydrogen (secondary N) is 1. The molecule has 1 aromatic rings. The van der Waals surface area contributed by atoms with E-state index in [0.717, 1.165) is 5.75 Å². The van der Waals surface area contributed by atoms with E-state index in [1.54, 1.807) is 6.92 Å². The lowest BCUT2D eigenvalue weighted by Crippen LogP contribution is -2.38. The van der Waals surface area contributed by atoms with Crippen LogP contribution in [0.25, 0.3) is 0 Å². The summed E-state index contributed by atoms with van der Waals surface area (Å²) in [6.07, 6.45) is -0.0679. The lowest BCUT2D eigenvalue weighted by Gasteiger charge is -2.17. The Morgan fingerprint density at radius 2 is 1.94 bits per heavy atom. The molecule has 2 atom stereocenters. The van der Waals surface area contributed by atoms with Crippen molar-refractivity contribution in [1.82, 2.24) is 5.32 Å². The van der Waals surface area contributed by atoms with Crippen molar-refractivity contribution in [2.24, 2.45) is 11.7 Å². The molecule has 0 heterocycles. The number of nitrogens with two attached hydrogens (primary N) is 1. The molecule has 0 aliphatic rings. The number of aryl methyl sites for hydroxylation is 1. The van der Waals surface area contributed by atoms with Crippen LogP contribution >= 0.6 is 0 Å². The molecule has 0 spiro atoms. The largest absolute Gasteiger partial charge is 0.489 e. The zero-order valence-corrected chi connectivity index (χ0v) is 11.3. The maximum atomic E-state index is 11.5. The highest BCUT2D eigenvalue weighted by molar-refractivity contribution is 5.78. The third-order valence-corrected chi connectivity index (χ3v) is 2.72. The highest BCUT2D eigenvalue weighted by Gasteiger charge is 2.12. The number of rotatable bonds is 6. The fourth-order valence-corrected chi connectivity index (χ4v) is 1.42. The van der Waals surface area contributed by atoms with Gasteiger partial charge in [0.25, 0.3) is 0 Å². The molecule has 4 heteroatoms. The van der Waals surface area contributed by atoms with Gasteiger partial charge in [0.05, 0.1) is 6.54 Å². The standard InChI is InChI=1S/C14H22N2O2/c1-10-4-6-13(7-5-10)18-12(3)9-16-14(17)11(2)8-15/h4-7,11-12H,8-9,15H2,1-3H3,(H,16,17). The predicted molar refractivity (Wildman–Crippen MR) is 72.5 cm³/mol. The van der Waals surface area contributed by atoms with Crippen LogP contribution in [-0.4, -0.2) is 25.1 Å². The summed E-state index contributed by atoms with van der Waals surface area (Å²) in [5.41, 5.74) is 6.62. The van der Waals surface area contributed by atoms with Gasteiger partial charge in [-0.25, -0.2) is 0 Å². The van der Waals surface area contributed by atoms with Gasteiger partial charge in [-0.15, -0.1) is 0 Å². The van der Waals surface area contributed by atoms with Crippen LogP contribution in [0.3, 0.4) is 0 Å². The molecule has 4 nitrogen and oxygen atoms in total. The van der Waals surface area contributed by atoms with Gasteiger partial charge in [-0.05, 0) is 26.0 Å². The van der Waals surface area contributed by atoms with E-state index in [1.165, 1.54) is 5.56 Å². The van der Waals surface area contributed by atoms with Gasteiger partial charge < -0.3 is 15.8 Å². The van der Waals surface area contributed by atoms with E-state index in [4.69, 9.17) is 10.5 Å². The Bertz CT molecular complexity index is 376. The minimum absolute atomic E-state index is 0.0307. The Kier molecular flexibility index (Phi) is 5.65. The first kappa shape index (κ1) is 14.5. The molecule has 1 rings (SSSR count). The van der Waals surface area contributed by atoms with Crippen molar-refractivity contribution < 1.29 is 9.53 Å². The molecule has 0 aliphatic heterocycles. The molecule has 0 aliphatic carbocycles. The highest BCUT2D eigenvalue weighted by atomic mass is 16.5. The second-order valence-corrected chi connectivity index (χ2v) is 4.62. The minimum Gasteiger partial charge on any atom is -0.489 e. The number of carbonyl (C=O) groups excluding carboxylic acids is 1. The van der Waals surface area contributed by atoms with Crippen LogP contribution in [0.4, 0.5) is 0 Å². The molecular weight excluding hydrogens is 228 g/mol. The molecule has 0 bridgehead atoms. The van der Waals surface area contributed by atoms with Gasteiger partial charge in [0, 0.05) is 12.5 Å². The maximum Gasteiger partial charge on any atom is 0.224 e. The molecule has 1 amide bonds. The molecule has 100 valence electrons. The molecule has 2 unspecified atom stereocenters. The number of ether oxygens (including phenoxy) is 1. The molecule has 3 N–H and O–H groups in total. The van der Waals surface area contributed by atoms with E-state index in [-0.39, 0.29) is 17.9 Å². The fourth-order valence-electron chi connectivity index (χ4n) is 1.42. The number of carbonyl (C=O) groups is 1. The second kappa shape index (κ2) is 7.01. The Balaban J connectivity index is 2.35. The van der Waals surface area contributed by atoms with Gasteiger partial charge >= 0.3 is 0 Å². The smallest absolute Gasteiger partial charge is 0.224 e. The molecule has 0 saturated heterocycles. The third kappa shape index (κ3) is 4.75. The summed E-state index contributed by atoms with van der Waals surface area (Å²) in [6.45, 7) is 6.60. The summed E-state index contributed by atoms with van der Waals surface area (Å²) in [4.78, 5) is 11.5. The average Bonchev–Trinajstić information content (AvgIpc) is 2.37. The fraction of sp³-hybridized carbons (Fsp3) is 0.500. The summed E-state index contributed by atoms with van der Waals surface area (Å²) in [5.74, 6) is 0.627. The van der Waals surface area contributed by atoms with Crippen molar-refractivity contribution in [2.45, 2.75) is 26.9 Å². The summed E-state index contributed by atoms with van der Waals surface area (Å²) in [5, 5.41) is 2.82. The van der Waals surface area contributed by atoms with Crippen LogP contribution in [0.15, 0.2) is 24.3 Å². The van der Waals surface area contributed by atoms with Gasteiger partial charge in [0.1, 0.15) is 11.9 Å². The van der Waals surface area contributed by atoms with Gasteiger partial charge in [0.2, 0.25) is 5.91 Å². The molecule has 18 heavy (non-hydrogen) atoms. The maximum absolute atomic E-state index is 11.5. The minimum atomic E-state index is -0.156. The molecule has 0 aromatic heterocycles. The molecule has 1 aromatic carbocycles. The predicted octanol–water partition coefficient (Wildman–Crippen LogP) is 1.47. The third-order valence-electron chi connectivity index (χ3n) is 2.72. The van der Waals surface area contributed by atoms with Crippen LogP contribution < -0.4 is 15.8 Å². The van der Waals surface area contributed by atoms with Gasteiger partial charge in [-0.1, -0.05) is 24.6 Å². The summed E-state index contributed by atoms with van der Waals surface area (Å²) < 4.78 is 5.69. The van der Waals surface area contributed by atoms with Crippen LogP contribution in [0.2, 0.25) is 0 Å². The Morgan fingerprint density at radius 3 is 2.50 bits per heavy atom. The van der Waals surface area contributed by atoms with E-state index in [1.807, 2.05) is 38.1 Å². The van der Waals surface area contributed by atoms with Crippen molar-refractivity contribution in [2.75, 3.05) is 13.1 Å². The van der Waals surface area contributed by atoms with Crippen LogP contribution in [-0.2, 0) is 4.79 Å². The summed E-state index contributed by atoms with van der Waals surface area (Å²) in [7, 11) is 0. The van der Waals surface area contributed by atoms with Gasteiger partial charge in [0.15, 0.2) is 0 Å². The monoisotopic (exact) mass is 250 g/mol. The number of benzene rings is 1. The van der Waals surface area contributed by atoms with Crippen LogP contribution in [0.1, 0.15) is 19.4 Å². The second-order valence-electron chi connectivity index (χ2n) is 4.62. The zero-order valence-electron chi connectivity index (χ0n) is 11.3. The number of hydrogen-bond donors (Lipinski definition) is 2. The first-order valence-corrected chi connectivity index (χ1v) is 6.24. The summed E-state index contributed by atoms with van der Waals surface area (Å²) in [6, 6.07) is 7.85. The Morgan fingerprint density at radius 1 is 1.33 bits per heavy atom. The van der Waals surface area contributed by atoms with E-state index in [0.29, 0.717) is 13.1 Å². The van der Waals surface area contributed by atoms with Crippen molar-refractivity contribution in [3.63, 3.8) is 0 Å². The molecule has 0 radical (unpaired) electrons. The molecule has 0 saturated carbocycles. The van der Waals surface area contributed by atoms with Crippen molar-refractivity contribution >= 4 is 5.91 Å². The molecular formula is C14H22N2O2. The SMILES string of the molecule is Cc1ccc(OC(C)CNC(=O)C(C)CN)cc1. The van der Waals surface area contributed by atoms with E-state index in [2.05, 4.69) is 5.32 Å². The van der Waals surface area contributed by atoms with E-state index in [9.17, 15) is 4.79 Å². The lowest BCUT2D eigenvalue weighted by atomic mass is 10.1.